The Kier molecular flexibility index (Phi) is 6.46. The summed E-state index contributed by atoms with van der Waals surface area (Å²) < 4.78 is 29.0. The Morgan fingerprint density at radius 1 is 1.03 bits per heavy atom. The Bertz CT molecular complexity index is 1030. The number of amides is 1. The topological polar surface area (TPSA) is 78.5 Å². The zero-order chi connectivity index (χ0) is 22.0. The van der Waals surface area contributed by atoms with Gasteiger partial charge >= 0.3 is 0 Å². The molecule has 0 aromatic heterocycles. The Hall–Kier alpha value is -2.22. The summed E-state index contributed by atoms with van der Waals surface area (Å²) in [6.45, 7) is 6.15. The van der Waals surface area contributed by atoms with Crippen LogP contribution < -0.4 is 10.0 Å². The molecule has 1 aliphatic carbocycles. The second-order valence-corrected chi connectivity index (χ2v) is 10.5. The van der Waals surface area contributed by atoms with Crippen LogP contribution in [0, 0.1) is 0 Å². The first-order valence-corrected chi connectivity index (χ1v) is 12.6. The molecule has 1 atom stereocenters. The monoisotopic (exact) mass is 441 g/mol. The van der Waals surface area contributed by atoms with Gasteiger partial charge in [0.1, 0.15) is 0 Å². The molecule has 1 heterocycles. The van der Waals surface area contributed by atoms with E-state index in [9.17, 15) is 13.2 Å². The maximum atomic E-state index is 13.1. The minimum absolute atomic E-state index is 0.0400. The minimum Gasteiger partial charge on any atom is -0.345 e. The van der Waals surface area contributed by atoms with Gasteiger partial charge in [0, 0.05) is 17.6 Å². The molecule has 2 aromatic carbocycles. The predicted molar refractivity (Wildman–Crippen MR) is 121 cm³/mol. The molecule has 2 aromatic rings. The molecule has 7 heteroatoms. The highest BCUT2D eigenvalue weighted by Gasteiger charge is 2.29. The number of aryl methyl sites for hydroxylation is 1. The Morgan fingerprint density at radius 2 is 1.74 bits per heavy atom. The number of nitrogens with one attached hydrogen (secondary N) is 2. The highest BCUT2D eigenvalue weighted by molar-refractivity contribution is 7.89. The number of fused-ring (bicyclic) bond motifs is 1. The molecular weight excluding hydrogens is 410 g/mol. The van der Waals surface area contributed by atoms with Crippen LogP contribution in [0.3, 0.4) is 0 Å². The standard InChI is InChI=1S/C24H31N3O3S/c1-17(2)27-14-12-20(13-15-27)26-31(29,30)21-10-8-18-9-11-23(22(18)16-21)25-24(28)19-6-4-3-5-7-19/h3-8,10,16-17,20,23,26H,9,11-15H2,1-2H3,(H,25,28)/t23-/m1/s1. The molecule has 31 heavy (non-hydrogen) atoms. The first kappa shape index (κ1) is 22.0. The molecule has 0 saturated carbocycles. The molecule has 0 spiro atoms. The third-order valence-electron chi connectivity index (χ3n) is 6.43. The van der Waals surface area contributed by atoms with Crippen molar-refractivity contribution in [1.82, 2.24) is 14.9 Å². The Balaban J connectivity index is 1.46. The van der Waals surface area contributed by atoms with E-state index < -0.39 is 10.0 Å². The van der Waals surface area contributed by atoms with Crippen molar-refractivity contribution in [2.45, 2.75) is 62.6 Å². The molecule has 1 amide bonds. The number of nitrogens with zero attached hydrogens (tertiary/aromatic N) is 1. The van der Waals surface area contributed by atoms with Gasteiger partial charge in [-0.15, -0.1) is 0 Å². The first-order chi connectivity index (χ1) is 14.8. The molecule has 0 radical (unpaired) electrons. The molecule has 0 bridgehead atoms. The van der Waals surface area contributed by atoms with Crippen molar-refractivity contribution in [3.63, 3.8) is 0 Å². The number of carbonyl (C=O) groups is 1. The number of benzene rings is 2. The van der Waals surface area contributed by atoms with Crippen molar-refractivity contribution in [3.05, 3.63) is 65.2 Å². The maximum Gasteiger partial charge on any atom is 0.251 e. The van der Waals surface area contributed by atoms with E-state index in [1.165, 1.54) is 0 Å². The van der Waals surface area contributed by atoms with Crippen LogP contribution in [0.1, 0.15) is 60.6 Å². The molecule has 1 saturated heterocycles. The van der Waals surface area contributed by atoms with Crippen LogP contribution in [0.5, 0.6) is 0 Å². The normalized spacial score (nSPS) is 20.0. The van der Waals surface area contributed by atoms with Gasteiger partial charge in [0.2, 0.25) is 10.0 Å². The molecule has 1 fully saturated rings. The quantitative estimate of drug-likeness (QED) is 0.721. The summed E-state index contributed by atoms with van der Waals surface area (Å²) in [5.74, 6) is -0.137. The lowest BCUT2D eigenvalue weighted by atomic mass is 10.1. The average molecular weight is 442 g/mol. The van der Waals surface area contributed by atoms with E-state index in [1.54, 1.807) is 24.3 Å². The molecular formula is C24H31N3O3S. The van der Waals surface area contributed by atoms with E-state index in [4.69, 9.17) is 0 Å². The number of carbonyl (C=O) groups excluding carboxylic acids is 1. The zero-order valence-electron chi connectivity index (χ0n) is 18.2. The predicted octanol–water partition coefficient (Wildman–Crippen LogP) is 3.26. The van der Waals surface area contributed by atoms with Gasteiger partial charge in [-0.2, -0.15) is 0 Å². The second kappa shape index (κ2) is 9.10. The van der Waals surface area contributed by atoms with Crippen molar-refractivity contribution in [3.8, 4) is 0 Å². The molecule has 2 N–H and O–H groups in total. The first-order valence-electron chi connectivity index (χ1n) is 11.1. The fourth-order valence-electron chi connectivity index (χ4n) is 4.55. The van der Waals surface area contributed by atoms with E-state index in [0.717, 1.165) is 49.9 Å². The maximum absolute atomic E-state index is 13.1. The van der Waals surface area contributed by atoms with Crippen LogP contribution >= 0.6 is 0 Å². The summed E-state index contributed by atoms with van der Waals surface area (Å²) in [5, 5.41) is 3.07. The number of likely N-dealkylation sites (tertiary alicyclic amines) is 1. The number of piperidine rings is 1. The van der Waals surface area contributed by atoms with Gasteiger partial charge in [-0.1, -0.05) is 24.3 Å². The van der Waals surface area contributed by atoms with Gasteiger partial charge in [0.15, 0.2) is 0 Å². The van der Waals surface area contributed by atoms with E-state index in [1.807, 2.05) is 24.3 Å². The number of hydrogen-bond donors (Lipinski definition) is 2. The summed E-state index contributed by atoms with van der Waals surface area (Å²) in [5.41, 5.74) is 2.61. The lowest BCUT2D eigenvalue weighted by Gasteiger charge is -2.34. The highest BCUT2D eigenvalue weighted by Crippen LogP contribution is 2.33. The lowest BCUT2D eigenvalue weighted by molar-refractivity contribution is 0.0936. The summed E-state index contributed by atoms with van der Waals surface area (Å²) in [6, 6.07) is 14.7. The molecule has 166 valence electrons. The van der Waals surface area contributed by atoms with Crippen molar-refractivity contribution < 1.29 is 13.2 Å². The summed E-state index contributed by atoms with van der Waals surface area (Å²) in [6.07, 6.45) is 3.24. The zero-order valence-corrected chi connectivity index (χ0v) is 19.0. The van der Waals surface area contributed by atoms with E-state index >= 15 is 0 Å². The average Bonchev–Trinajstić information content (AvgIpc) is 3.16. The van der Waals surface area contributed by atoms with Crippen LogP contribution in [0.2, 0.25) is 0 Å². The smallest absolute Gasteiger partial charge is 0.251 e. The molecule has 6 nitrogen and oxygen atoms in total. The van der Waals surface area contributed by atoms with Gasteiger partial charge in [-0.25, -0.2) is 13.1 Å². The third kappa shape index (κ3) is 5.00. The Labute approximate surface area is 185 Å². The van der Waals surface area contributed by atoms with Crippen LogP contribution in [0.25, 0.3) is 0 Å². The summed E-state index contributed by atoms with van der Waals surface area (Å²) in [7, 11) is -3.60. The van der Waals surface area contributed by atoms with E-state index in [2.05, 4.69) is 28.8 Å². The van der Waals surface area contributed by atoms with Crippen molar-refractivity contribution >= 4 is 15.9 Å². The van der Waals surface area contributed by atoms with Gasteiger partial charge in [-0.05, 0) is 88.0 Å². The minimum atomic E-state index is -3.60. The van der Waals surface area contributed by atoms with E-state index in [-0.39, 0.29) is 22.9 Å². The van der Waals surface area contributed by atoms with Crippen LogP contribution in [-0.2, 0) is 16.4 Å². The Morgan fingerprint density at radius 3 is 2.42 bits per heavy atom. The van der Waals surface area contributed by atoms with Crippen molar-refractivity contribution in [1.29, 1.82) is 0 Å². The van der Waals surface area contributed by atoms with Crippen LogP contribution in [-0.4, -0.2) is 44.4 Å². The molecule has 2 aliphatic rings. The van der Waals surface area contributed by atoms with Crippen LogP contribution in [0.15, 0.2) is 53.4 Å². The number of sulfonamides is 1. The highest BCUT2D eigenvalue weighted by atomic mass is 32.2. The molecule has 0 unspecified atom stereocenters. The van der Waals surface area contributed by atoms with Gasteiger partial charge < -0.3 is 10.2 Å². The number of hydrogen-bond acceptors (Lipinski definition) is 4. The van der Waals surface area contributed by atoms with Crippen LogP contribution in [0.4, 0.5) is 0 Å². The van der Waals surface area contributed by atoms with Gasteiger partial charge in [0.05, 0.1) is 10.9 Å². The lowest BCUT2D eigenvalue weighted by Crippen LogP contribution is -2.46. The molecule has 4 rings (SSSR count). The summed E-state index contributed by atoms with van der Waals surface area (Å²) >= 11 is 0. The summed E-state index contributed by atoms with van der Waals surface area (Å²) in [4.78, 5) is 15.2. The largest absolute Gasteiger partial charge is 0.345 e. The third-order valence-corrected chi connectivity index (χ3v) is 7.95. The number of rotatable bonds is 6. The fourth-order valence-corrected chi connectivity index (χ4v) is 5.89. The van der Waals surface area contributed by atoms with Crippen molar-refractivity contribution in [2.75, 3.05) is 13.1 Å². The molecule has 1 aliphatic heterocycles. The SMILES string of the molecule is CC(C)N1CCC(NS(=O)(=O)c2ccc3c(c2)[C@H](NC(=O)c2ccccc2)CC3)CC1. The van der Waals surface area contributed by atoms with Gasteiger partial charge in [0.25, 0.3) is 5.91 Å². The van der Waals surface area contributed by atoms with Crippen molar-refractivity contribution in [2.24, 2.45) is 0 Å². The fraction of sp³-hybridized carbons (Fsp3) is 0.458. The second-order valence-electron chi connectivity index (χ2n) is 8.82. The van der Waals surface area contributed by atoms with E-state index in [0.29, 0.717) is 11.6 Å². The van der Waals surface area contributed by atoms with Gasteiger partial charge in [-0.3, -0.25) is 4.79 Å².